The molecule has 1 aromatic carbocycles. The van der Waals surface area contributed by atoms with Crippen LogP contribution in [0.1, 0.15) is 35.3 Å². The molecule has 3 aromatic rings. The Balaban J connectivity index is 1.48. The zero-order valence-electron chi connectivity index (χ0n) is 18.1. The standard InChI is InChI=1S/C25H23N5O2S/c26-11-15-8-16-2-1-7-29(17-12-27-13-17)24(16)20(9-15)19-5-6-28-21-10-18(33-25(19)21)14-30-22(31)3-4-23(30)32/h5-6,8-10,17,27H,1-4,7,12-14H2. The van der Waals surface area contributed by atoms with Gasteiger partial charge in [0.2, 0.25) is 11.8 Å². The number of nitrogens with one attached hydrogen (secondary N) is 1. The zero-order valence-corrected chi connectivity index (χ0v) is 19.0. The molecule has 2 fully saturated rings. The van der Waals surface area contributed by atoms with Gasteiger partial charge in [0.25, 0.3) is 0 Å². The molecule has 0 saturated carbocycles. The number of carbonyl (C=O) groups excluding carboxylic acids is 2. The molecule has 0 spiro atoms. The van der Waals surface area contributed by atoms with E-state index in [1.165, 1.54) is 16.2 Å². The first-order valence-electron chi connectivity index (χ1n) is 11.4. The number of pyridine rings is 1. The van der Waals surface area contributed by atoms with Crippen molar-refractivity contribution < 1.29 is 9.59 Å². The summed E-state index contributed by atoms with van der Waals surface area (Å²) in [5, 5.41) is 13.1. The van der Waals surface area contributed by atoms with Gasteiger partial charge in [0.1, 0.15) is 0 Å². The molecule has 33 heavy (non-hydrogen) atoms. The quantitative estimate of drug-likeness (QED) is 0.605. The lowest BCUT2D eigenvalue weighted by molar-refractivity contribution is -0.138. The smallest absolute Gasteiger partial charge is 0.230 e. The Morgan fingerprint density at radius 3 is 2.67 bits per heavy atom. The predicted molar refractivity (Wildman–Crippen MR) is 127 cm³/mol. The summed E-state index contributed by atoms with van der Waals surface area (Å²) in [6.45, 7) is 3.27. The van der Waals surface area contributed by atoms with Gasteiger partial charge in [0.15, 0.2) is 0 Å². The van der Waals surface area contributed by atoms with E-state index in [2.05, 4.69) is 21.3 Å². The maximum atomic E-state index is 12.1. The Bertz CT molecular complexity index is 1320. The molecule has 0 unspecified atom stereocenters. The predicted octanol–water partition coefficient (Wildman–Crippen LogP) is 3.21. The fourth-order valence-corrected chi connectivity index (χ4v) is 6.27. The summed E-state index contributed by atoms with van der Waals surface area (Å²) in [4.78, 5) is 33.6. The molecular formula is C25H23N5O2S. The van der Waals surface area contributed by atoms with E-state index in [0.29, 0.717) is 31.0 Å². The van der Waals surface area contributed by atoms with Crippen LogP contribution < -0.4 is 10.2 Å². The molecule has 0 bridgehead atoms. The number of thiophene rings is 1. The minimum Gasteiger partial charge on any atom is -0.365 e. The summed E-state index contributed by atoms with van der Waals surface area (Å²) in [7, 11) is 0. The molecule has 8 heteroatoms. The number of rotatable bonds is 4. The largest absolute Gasteiger partial charge is 0.365 e. The van der Waals surface area contributed by atoms with Gasteiger partial charge >= 0.3 is 0 Å². The van der Waals surface area contributed by atoms with Crippen molar-refractivity contribution in [2.75, 3.05) is 24.5 Å². The number of hydrogen-bond acceptors (Lipinski definition) is 7. The number of amides is 2. The molecule has 7 nitrogen and oxygen atoms in total. The van der Waals surface area contributed by atoms with Crippen LogP contribution in [0, 0.1) is 11.3 Å². The van der Waals surface area contributed by atoms with Gasteiger partial charge in [-0.15, -0.1) is 11.3 Å². The fourth-order valence-electron chi connectivity index (χ4n) is 5.14. The second-order valence-corrected chi connectivity index (χ2v) is 10.0. The first-order chi connectivity index (χ1) is 16.1. The van der Waals surface area contributed by atoms with Crippen LogP contribution in [0.25, 0.3) is 21.3 Å². The molecule has 0 aliphatic carbocycles. The van der Waals surface area contributed by atoms with Crippen LogP contribution in [0.3, 0.4) is 0 Å². The number of nitriles is 1. The second kappa shape index (κ2) is 7.94. The topological polar surface area (TPSA) is 89.3 Å². The molecule has 0 atom stereocenters. The lowest BCUT2D eigenvalue weighted by Gasteiger charge is -2.44. The molecule has 3 aliphatic rings. The molecule has 2 saturated heterocycles. The SMILES string of the molecule is N#Cc1cc2c(c(-c3ccnc4cc(CN5C(=O)CCC5=O)sc34)c1)N(C1CNC1)CCC2. The van der Waals surface area contributed by atoms with Crippen molar-refractivity contribution in [2.24, 2.45) is 0 Å². The first kappa shape index (κ1) is 20.3. The molecule has 3 aliphatic heterocycles. The Labute approximate surface area is 195 Å². The third-order valence-electron chi connectivity index (χ3n) is 6.87. The van der Waals surface area contributed by atoms with Crippen molar-refractivity contribution in [3.05, 3.63) is 46.5 Å². The number of benzene rings is 1. The number of hydrogen-bond donors (Lipinski definition) is 1. The van der Waals surface area contributed by atoms with Gasteiger partial charge in [-0.3, -0.25) is 19.5 Å². The van der Waals surface area contributed by atoms with E-state index < -0.39 is 0 Å². The lowest BCUT2D eigenvalue weighted by Crippen LogP contribution is -2.58. The number of aryl methyl sites for hydroxylation is 1. The van der Waals surface area contributed by atoms with Crippen molar-refractivity contribution in [2.45, 2.75) is 38.3 Å². The minimum atomic E-state index is -0.105. The summed E-state index contributed by atoms with van der Waals surface area (Å²) in [6.07, 6.45) is 4.46. The van der Waals surface area contributed by atoms with E-state index in [1.807, 2.05) is 30.5 Å². The monoisotopic (exact) mass is 457 g/mol. The molecule has 2 amide bonds. The summed E-state index contributed by atoms with van der Waals surface area (Å²) in [5.41, 5.74) is 6.13. The summed E-state index contributed by atoms with van der Waals surface area (Å²) in [6, 6.07) is 10.9. The third kappa shape index (κ3) is 3.39. The zero-order chi connectivity index (χ0) is 22.5. The maximum absolute atomic E-state index is 12.1. The number of fused-ring (bicyclic) bond motifs is 2. The summed E-state index contributed by atoms with van der Waals surface area (Å²) >= 11 is 1.58. The van der Waals surface area contributed by atoms with Gasteiger partial charge in [-0.05, 0) is 42.7 Å². The van der Waals surface area contributed by atoms with Gasteiger partial charge < -0.3 is 10.2 Å². The van der Waals surface area contributed by atoms with E-state index >= 15 is 0 Å². The Kier molecular flexibility index (Phi) is 4.89. The van der Waals surface area contributed by atoms with Gasteiger partial charge in [-0.1, -0.05) is 0 Å². The third-order valence-corrected chi connectivity index (χ3v) is 8.02. The molecule has 1 N–H and O–H groups in total. The minimum absolute atomic E-state index is 0.105. The highest BCUT2D eigenvalue weighted by Crippen LogP contribution is 2.43. The van der Waals surface area contributed by atoms with Gasteiger partial charge in [0, 0.05) is 60.4 Å². The fraction of sp³-hybridized carbons (Fsp3) is 0.360. The average molecular weight is 458 g/mol. The van der Waals surface area contributed by atoms with E-state index in [9.17, 15) is 14.9 Å². The van der Waals surface area contributed by atoms with Crippen LogP contribution in [0.5, 0.6) is 0 Å². The van der Waals surface area contributed by atoms with Crippen molar-refractivity contribution in [1.82, 2.24) is 15.2 Å². The highest BCUT2D eigenvalue weighted by atomic mass is 32.1. The Morgan fingerprint density at radius 2 is 1.94 bits per heavy atom. The number of imide groups is 1. The normalized spacial score (nSPS) is 18.5. The molecule has 166 valence electrons. The first-order valence-corrected chi connectivity index (χ1v) is 12.2. The summed E-state index contributed by atoms with van der Waals surface area (Å²) in [5.74, 6) is -0.211. The number of nitrogens with zero attached hydrogens (tertiary/aromatic N) is 4. The van der Waals surface area contributed by atoms with Crippen molar-refractivity contribution in [3.8, 4) is 17.2 Å². The summed E-state index contributed by atoms with van der Waals surface area (Å²) < 4.78 is 1.03. The molecule has 6 rings (SSSR count). The van der Waals surface area contributed by atoms with Crippen LogP contribution in [0.15, 0.2) is 30.5 Å². The lowest BCUT2D eigenvalue weighted by atomic mass is 9.90. The van der Waals surface area contributed by atoms with Crippen molar-refractivity contribution in [1.29, 1.82) is 5.26 Å². The van der Waals surface area contributed by atoms with E-state index in [0.717, 1.165) is 58.7 Å². The second-order valence-electron chi connectivity index (χ2n) is 8.91. The van der Waals surface area contributed by atoms with E-state index in [4.69, 9.17) is 0 Å². The highest BCUT2D eigenvalue weighted by Gasteiger charge is 2.32. The van der Waals surface area contributed by atoms with Gasteiger partial charge in [0.05, 0.1) is 34.4 Å². The number of likely N-dealkylation sites (tertiary alicyclic amines) is 1. The molecule has 2 aromatic heterocycles. The molecular weight excluding hydrogens is 434 g/mol. The van der Waals surface area contributed by atoms with E-state index in [-0.39, 0.29) is 11.8 Å². The number of anilines is 1. The highest BCUT2D eigenvalue weighted by molar-refractivity contribution is 7.19. The van der Waals surface area contributed by atoms with Gasteiger partial charge in [-0.25, -0.2) is 0 Å². The van der Waals surface area contributed by atoms with E-state index in [1.54, 1.807) is 11.3 Å². The Morgan fingerprint density at radius 1 is 1.12 bits per heavy atom. The number of carbonyl (C=O) groups is 2. The Hall–Kier alpha value is -3.28. The van der Waals surface area contributed by atoms with Crippen LogP contribution in [-0.2, 0) is 22.6 Å². The van der Waals surface area contributed by atoms with Gasteiger partial charge in [-0.2, -0.15) is 5.26 Å². The van der Waals surface area contributed by atoms with Crippen molar-refractivity contribution in [3.63, 3.8) is 0 Å². The number of aromatic nitrogens is 1. The average Bonchev–Trinajstić information content (AvgIpc) is 3.35. The molecule has 5 heterocycles. The van der Waals surface area contributed by atoms with Crippen LogP contribution in [0.2, 0.25) is 0 Å². The van der Waals surface area contributed by atoms with Crippen LogP contribution >= 0.6 is 11.3 Å². The van der Waals surface area contributed by atoms with Crippen LogP contribution in [-0.4, -0.2) is 47.4 Å². The van der Waals surface area contributed by atoms with Crippen molar-refractivity contribution >= 4 is 39.1 Å². The molecule has 0 radical (unpaired) electrons. The van der Waals surface area contributed by atoms with Crippen LogP contribution in [0.4, 0.5) is 5.69 Å². The maximum Gasteiger partial charge on any atom is 0.230 e.